The minimum atomic E-state index is -4.04. The fourth-order valence-electron chi connectivity index (χ4n) is 1.71. The van der Waals surface area contributed by atoms with Gasteiger partial charge in [0, 0.05) is 25.2 Å². The number of hydrogen-bond acceptors (Lipinski definition) is 5. The monoisotopic (exact) mass is 288 g/mol. The standard InChI is InChI=1S/C9H12N4O5S/c14-7-2-1-5(3-10-7)13-19(17,18)6-4-11-9(16)12-8(6)15/h4-5,13H,1-3H2,(H,10,14)(H2,11,12,15,16). The minimum absolute atomic E-state index is 0.141. The van der Waals surface area contributed by atoms with Crippen LogP contribution in [0.5, 0.6) is 0 Å². The first-order valence-electron chi connectivity index (χ1n) is 5.49. The number of H-pyrrole nitrogens is 2. The summed E-state index contributed by atoms with van der Waals surface area (Å²) in [5.74, 6) is -0.141. The van der Waals surface area contributed by atoms with Crippen LogP contribution in [0.1, 0.15) is 12.8 Å². The van der Waals surface area contributed by atoms with E-state index in [9.17, 15) is 22.8 Å². The van der Waals surface area contributed by atoms with Gasteiger partial charge in [-0.25, -0.2) is 17.9 Å². The average Bonchev–Trinajstić information content (AvgIpc) is 2.31. The predicted octanol–water partition coefficient (Wildman–Crippen LogP) is -2.38. The lowest BCUT2D eigenvalue weighted by atomic mass is 10.1. The number of sulfonamides is 1. The van der Waals surface area contributed by atoms with Crippen LogP contribution in [-0.2, 0) is 14.8 Å². The van der Waals surface area contributed by atoms with Crippen molar-refractivity contribution in [2.75, 3.05) is 6.54 Å². The molecule has 0 bridgehead atoms. The highest BCUT2D eigenvalue weighted by Gasteiger charge is 2.26. The molecule has 2 rings (SSSR count). The van der Waals surface area contributed by atoms with Crippen molar-refractivity contribution in [3.63, 3.8) is 0 Å². The molecule has 0 saturated carbocycles. The molecule has 1 atom stereocenters. The summed E-state index contributed by atoms with van der Waals surface area (Å²) in [5.41, 5.74) is -1.77. The Labute approximate surface area is 107 Å². The van der Waals surface area contributed by atoms with Gasteiger partial charge < -0.3 is 10.3 Å². The number of aromatic nitrogens is 2. The summed E-state index contributed by atoms with van der Waals surface area (Å²) < 4.78 is 26.2. The maximum atomic E-state index is 11.9. The number of carbonyl (C=O) groups excluding carboxylic acids is 1. The van der Waals surface area contributed by atoms with E-state index in [2.05, 4.69) is 15.0 Å². The van der Waals surface area contributed by atoms with Crippen molar-refractivity contribution >= 4 is 15.9 Å². The van der Waals surface area contributed by atoms with Gasteiger partial charge in [-0.3, -0.25) is 14.6 Å². The van der Waals surface area contributed by atoms with Crippen LogP contribution < -0.4 is 21.3 Å². The Bertz CT molecular complexity index is 694. The molecule has 104 valence electrons. The first-order chi connectivity index (χ1) is 8.88. The van der Waals surface area contributed by atoms with Gasteiger partial charge in [-0.2, -0.15) is 0 Å². The van der Waals surface area contributed by atoms with Crippen LogP contribution in [-0.4, -0.2) is 36.9 Å². The van der Waals surface area contributed by atoms with Gasteiger partial charge >= 0.3 is 5.69 Å². The van der Waals surface area contributed by atoms with Gasteiger partial charge in [-0.15, -0.1) is 0 Å². The number of hydrogen-bond donors (Lipinski definition) is 4. The van der Waals surface area contributed by atoms with Crippen molar-refractivity contribution < 1.29 is 13.2 Å². The molecule has 0 radical (unpaired) electrons. The smallest absolute Gasteiger partial charge is 0.325 e. The van der Waals surface area contributed by atoms with E-state index in [0.717, 1.165) is 6.20 Å². The summed E-state index contributed by atoms with van der Waals surface area (Å²) in [5, 5.41) is 2.52. The molecule has 1 aliphatic heterocycles. The number of nitrogens with one attached hydrogen (secondary N) is 4. The lowest BCUT2D eigenvalue weighted by molar-refractivity contribution is -0.122. The van der Waals surface area contributed by atoms with Crippen molar-refractivity contribution in [1.29, 1.82) is 0 Å². The molecular formula is C9H12N4O5S. The molecule has 1 unspecified atom stereocenters. The Kier molecular flexibility index (Phi) is 3.53. The Morgan fingerprint density at radius 2 is 2.00 bits per heavy atom. The lowest BCUT2D eigenvalue weighted by Crippen LogP contribution is -2.48. The molecule has 0 spiro atoms. The summed E-state index contributed by atoms with van der Waals surface area (Å²) in [7, 11) is -4.04. The lowest BCUT2D eigenvalue weighted by Gasteiger charge is -2.22. The summed E-state index contributed by atoms with van der Waals surface area (Å²) in [6.45, 7) is 0.166. The van der Waals surface area contributed by atoms with Crippen LogP contribution >= 0.6 is 0 Å². The van der Waals surface area contributed by atoms with Gasteiger partial charge in [-0.05, 0) is 6.42 Å². The molecular weight excluding hydrogens is 276 g/mol. The molecule has 10 heteroatoms. The Morgan fingerprint density at radius 3 is 2.58 bits per heavy atom. The van der Waals surface area contributed by atoms with E-state index in [1.807, 2.05) is 4.98 Å². The molecule has 19 heavy (non-hydrogen) atoms. The maximum Gasteiger partial charge on any atom is 0.325 e. The topological polar surface area (TPSA) is 141 Å². The van der Waals surface area contributed by atoms with Gasteiger partial charge in [-0.1, -0.05) is 0 Å². The highest BCUT2D eigenvalue weighted by Crippen LogP contribution is 2.07. The highest BCUT2D eigenvalue weighted by molar-refractivity contribution is 7.89. The molecule has 1 aliphatic rings. The van der Waals surface area contributed by atoms with E-state index in [4.69, 9.17) is 0 Å². The first kappa shape index (κ1) is 13.5. The molecule has 0 aliphatic carbocycles. The van der Waals surface area contributed by atoms with E-state index in [-0.39, 0.29) is 18.9 Å². The Balaban J connectivity index is 2.21. The van der Waals surface area contributed by atoms with Crippen LogP contribution in [0.2, 0.25) is 0 Å². The molecule has 4 N–H and O–H groups in total. The molecule has 0 aromatic carbocycles. The fraction of sp³-hybridized carbons (Fsp3) is 0.444. The summed E-state index contributed by atoms with van der Waals surface area (Å²) >= 11 is 0. The van der Waals surface area contributed by atoms with Crippen LogP contribution in [0.25, 0.3) is 0 Å². The number of aromatic amines is 2. The van der Waals surface area contributed by atoms with Crippen molar-refractivity contribution in [3.05, 3.63) is 27.0 Å². The van der Waals surface area contributed by atoms with E-state index >= 15 is 0 Å². The number of amides is 1. The summed E-state index contributed by atoms with van der Waals surface area (Å²) in [4.78, 5) is 36.5. The Morgan fingerprint density at radius 1 is 1.26 bits per heavy atom. The molecule has 9 nitrogen and oxygen atoms in total. The van der Waals surface area contributed by atoms with Crippen molar-refractivity contribution in [2.24, 2.45) is 0 Å². The second kappa shape index (κ2) is 4.97. The predicted molar refractivity (Wildman–Crippen MR) is 64.0 cm³/mol. The first-order valence-corrected chi connectivity index (χ1v) is 6.98. The van der Waals surface area contributed by atoms with Gasteiger partial charge in [0.25, 0.3) is 5.56 Å². The largest absolute Gasteiger partial charge is 0.355 e. The third-order valence-electron chi connectivity index (χ3n) is 2.66. The van der Waals surface area contributed by atoms with Crippen LogP contribution in [0, 0.1) is 0 Å². The van der Waals surface area contributed by atoms with Gasteiger partial charge in [0.2, 0.25) is 15.9 Å². The quantitative estimate of drug-likeness (QED) is 0.491. The van der Waals surface area contributed by atoms with Crippen LogP contribution in [0.4, 0.5) is 0 Å². The molecule has 1 aromatic rings. The zero-order chi connectivity index (χ0) is 14.0. The second-order valence-corrected chi connectivity index (χ2v) is 5.78. The normalized spacial score (nSPS) is 20.0. The fourth-order valence-corrected chi connectivity index (χ4v) is 2.99. The number of rotatable bonds is 3. The van der Waals surface area contributed by atoms with E-state index in [0.29, 0.717) is 6.42 Å². The second-order valence-electron chi connectivity index (χ2n) is 4.10. The average molecular weight is 288 g/mol. The summed E-state index contributed by atoms with van der Waals surface area (Å²) in [6, 6.07) is -0.478. The van der Waals surface area contributed by atoms with E-state index < -0.39 is 32.2 Å². The van der Waals surface area contributed by atoms with Crippen molar-refractivity contribution in [2.45, 2.75) is 23.8 Å². The molecule has 1 saturated heterocycles. The molecule has 2 heterocycles. The molecule has 1 aromatic heterocycles. The van der Waals surface area contributed by atoms with Gasteiger partial charge in [0.15, 0.2) is 4.90 Å². The zero-order valence-electron chi connectivity index (χ0n) is 9.73. The Hall–Kier alpha value is -1.94. The third-order valence-corrected chi connectivity index (χ3v) is 4.19. The highest BCUT2D eigenvalue weighted by atomic mass is 32.2. The number of piperidine rings is 1. The van der Waals surface area contributed by atoms with Crippen LogP contribution in [0.3, 0.4) is 0 Å². The van der Waals surface area contributed by atoms with Crippen molar-refractivity contribution in [1.82, 2.24) is 20.0 Å². The van der Waals surface area contributed by atoms with Crippen molar-refractivity contribution in [3.8, 4) is 0 Å². The molecule has 1 amide bonds. The van der Waals surface area contributed by atoms with Crippen LogP contribution in [0.15, 0.2) is 20.7 Å². The van der Waals surface area contributed by atoms with E-state index in [1.54, 1.807) is 0 Å². The third kappa shape index (κ3) is 3.09. The van der Waals surface area contributed by atoms with Gasteiger partial charge in [0.1, 0.15) is 0 Å². The number of carbonyl (C=O) groups is 1. The maximum absolute atomic E-state index is 11.9. The summed E-state index contributed by atoms with van der Waals surface area (Å²) in [6.07, 6.45) is 1.41. The minimum Gasteiger partial charge on any atom is -0.355 e. The SMILES string of the molecule is O=C1CCC(NS(=O)(=O)c2c[nH]c(=O)[nH]c2=O)CN1. The van der Waals surface area contributed by atoms with E-state index in [1.165, 1.54) is 0 Å². The molecule has 1 fully saturated rings. The zero-order valence-corrected chi connectivity index (χ0v) is 10.5. The van der Waals surface area contributed by atoms with Gasteiger partial charge in [0.05, 0.1) is 0 Å².